The van der Waals surface area contributed by atoms with Crippen molar-refractivity contribution in [3.8, 4) is 6.07 Å². The van der Waals surface area contributed by atoms with E-state index < -0.39 is 0 Å². The van der Waals surface area contributed by atoms with Gasteiger partial charge in [-0.1, -0.05) is 38.1 Å². The maximum absolute atomic E-state index is 9.02. The highest BCUT2D eigenvalue weighted by Gasteiger charge is 2.12. The van der Waals surface area contributed by atoms with Gasteiger partial charge in [0.2, 0.25) is 0 Å². The van der Waals surface area contributed by atoms with Gasteiger partial charge in [0.1, 0.15) is 0 Å². The number of rotatable bonds is 3. The molecule has 1 aromatic rings. The molecule has 0 aromatic heterocycles. The topological polar surface area (TPSA) is 23.8 Å². The molecule has 1 atom stereocenters. The Bertz CT molecular complexity index is 410. The van der Waals surface area contributed by atoms with Crippen LogP contribution in [0.4, 0.5) is 0 Å². The van der Waals surface area contributed by atoms with Crippen molar-refractivity contribution in [3.63, 3.8) is 0 Å². The molecule has 1 unspecified atom stereocenters. The molecule has 1 rings (SSSR count). The van der Waals surface area contributed by atoms with E-state index in [0.717, 1.165) is 23.1 Å². The molecule has 0 saturated carbocycles. The Kier molecular flexibility index (Phi) is 3.68. The van der Waals surface area contributed by atoms with E-state index >= 15 is 0 Å². The molecular weight excluding hydrogens is 182 g/mol. The van der Waals surface area contributed by atoms with Crippen LogP contribution in [0.5, 0.6) is 0 Å². The van der Waals surface area contributed by atoms with Crippen molar-refractivity contribution in [3.05, 3.63) is 47.0 Å². The van der Waals surface area contributed by atoms with Gasteiger partial charge in [-0.3, -0.25) is 0 Å². The molecule has 0 amide bonds. The van der Waals surface area contributed by atoms with Crippen LogP contribution in [0.3, 0.4) is 0 Å². The Balaban J connectivity index is 3.30. The Labute approximate surface area is 92.1 Å². The molecule has 0 saturated heterocycles. The first-order valence-corrected chi connectivity index (χ1v) is 5.29. The molecule has 0 spiro atoms. The van der Waals surface area contributed by atoms with Crippen LogP contribution >= 0.6 is 0 Å². The third-order valence-electron chi connectivity index (χ3n) is 2.89. The summed E-state index contributed by atoms with van der Waals surface area (Å²) in [6, 6.07) is 8.18. The van der Waals surface area contributed by atoms with Crippen LogP contribution in [0.25, 0.3) is 0 Å². The average Bonchev–Trinajstić information content (AvgIpc) is 2.26. The second-order valence-corrected chi connectivity index (χ2v) is 3.91. The SMILES string of the molecule is C=C(C)C(C)c1cccc(C#N)c1CC. The minimum Gasteiger partial charge on any atom is -0.192 e. The van der Waals surface area contributed by atoms with E-state index in [2.05, 4.69) is 32.6 Å². The zero-order valence-electron chi connectivity index (χ0n) is 9.67. The van der Waals surface area contributed by atoms with Crippen molar-refractivity contribution in [2.75, 3.05) is 0 Å². The Morgan fingerprint density at radius 2 is 2.20 bits per heavy atom. The van der Waals surface area contributed by atoms with Crippen molar-refractivity contribution in [2.45, 2.75) is 33.1 Å². The van der Waals surface area contributed by atoms with Crippen molar-refractivity contribution in [1.29, 1.82) is 5.26 Å². The summed E-state index contributed by atoms with van der Waals surface area (Å²) in [6.07, 6.45) is 0.899. The lowest BCUT2D eigenvalue weighted by molar-refractivity contribution is 0.872. The van der Waals surface area contributed by atoms with Gasteiger partial charge in [0.05, 0.1) is 11.6 Å². The van der Waals surface area contributed by atoms with Gasteiger partial charge in [-0.05, 0) is 30.5 Å². The molecule has 1 nitrogen and oxygen atoms in total. The molecule has 0 radical (unpaired) electrons. The highest BCUT2D eigenvalue weighted by atomic mass is 14.3. The fraction of sp³-hybridized carbons (Fsp3) is 0.357. The lowest BCUT2D eigenvalue weighted by Gasteiger charge is -2.16. The predicted octanol–water partition coefficient (Wildman–Crippen LogP) is 3.80. The van der Waals surface area contributed by atoms with Crippen molar-refractivity contribution >= 4 is 0 Å². The van der Waals surface area contributed by atoms with Gasteiger partial charge in [-0.2, -0.15) is 5.26 Å². The normalized spacial score (nSPS) is 11.9. The summed E-state index contributed by atoms with van der Waals surface area (Å²) in [7, 11) is 0. The number of hydrogen-bond acceptors (Lipinski definition) is 1. The molecule has 0 heterocycles. The molecule has 1 aromatic carbocycles. The second-order valence-electron chi connectivity index (χ2n) is 3.91. The summed E-state index contributed by atoms with van der Waals surface area (Å²) >= 11 is 0. The highest BCUT2D eigenvalue weighted by molar-refractivity contribution is 5.45. The summed E-state index contributed by atoms with van der Waals surface area (Å²) in [6.45, 7) is 10.2. The first kappa shape index (κ1) is 11.5. The van der Waals surface area contributed by atoms with Crippen molar-refractivity contribution < 1.29 is 0 Å². The Morgan fingerprint density at radius 1 is 1.53 bits per heavy atom. The van der Waals surface area contributed by atoms with Crippen LogP contribution in [0.15, 0.2) is 30.4 Å². The van der Waals surface area contributed by atoms with Crippen LogP contribution in [0.2, 0.25) is 0 Å². The fourth-order valence-corrected chi connectivity index (χ4v) is 1.78. The maximum atomic E-state index is 9.02. The maximum Gasteiger partial charge on any atom is 0.0994 e. The largest absolute Gasteiger partial charge is 0.192 e. The van der Waals surface area contributed by atoms with E-state index in [1.807, 2.05) is 19.1 Å². The predicted molar refractivity (Wildman–Crippen MR) is 63.8 cm³/mol. The zero-order valence-corrected chi connectivity index (χ0v) is 9.67. The van der Waals surface area contributed by atoms with Crippen LogP contribution in [0.1, 0.15) is 43.4 Å². The molecule has 78 valence electrons. The number of allylic oxidation sites excluding steroid dienone is 1. The van der Waals surface area contributed by atoms with E-state index in [4.69, 9.17) is 5.26 Å². The summed E-state index contributed by atoms with van der Waals surface area (Å²) in [4.78, 5) is 0. The van der Waals surface area contributed by atoms with Gasteiger partial charge >= 0.3 is 0 Å². The van der Waals surface area contributed by atoms with Gasteiger partial charge in [-0.15, -0.1) is 0 Å². The van der Waals surface area contributed by atoms with Crippen molar-refractivity contribution in [1.82, 2.24) is 0 Å². The number of nitriles is 1. The van der Waals surface area contributed by atoms with Crippen LogP contribution in [0, 0.1) is 11.3 Å². The number of hydrogen-bond donors (Lipinski definition) is 0. The lowest BCUT2D eigenvalue weighted by atomic mass is 9.88. The van der Waals surface area contributed by atoms with Gasteiger partial charge < -0.3 is 0 Å². The molecule has 0 aliphatic heterocycles. The standard InChI is InChI=1S/C14H17N/c1-5-13-12(9-15)7-6-8-14(13)11(4)10(2)3/h6-8,11H,2,5H2,1,3-4H3. The van der Waals surface area contributed by atoms with Gasteiger partial charge in [0.15, 0.2) is 0 Å². The third-order valence-corrected chi connectivity index (χ3v) is 2.89. The summed E-state index contributed by atoms with van der Waals surface area (Å²) in [5.74, 6) is 0.327. The first-order chi connectivity index (χ1) is 7.11. The summed E-state index contributed by atoms with van der Waals surface area (Å²) in [5, 5.41) is 9.02. The number of nitrogens with zero attached hydrogens (tertiary/aromatic N) is 1. The molecule has 0 N–H and O–H groups in total. The van der Waals surface area contributed by atoms with Crippen LogP contribution in [-0.2, 0) is 6.42 Å². The van der Waals surface area contributed by atoms with Gasteiger partial charge in [0.25, 0.3) is 0 Å². The lowest BCUT2D eigenvalue weighted by Crippen LogP contribution is -2.01. The highest BCUT2D eigenvalue weighted by Crippen LogP contribution is 2.27. The quantitative estimate of drug-likeness (QED) is 0.679. The van der Waals surface area contributed by atoms with E-state index in [9.17, 15) is 0 Å². The minimum absolute atomic E-state index is 0.327. The first-order valence-electron chi connectivity index (χ1n) is 5.29. The van der Waals surface area contributed by atoms with E-state index in [1.165, 1.54) is 5.56 Å². The monoisotopic (exact) mass is 199 g/mol. The van der Waals surface area contributed by atoms with Crippen molar-refractivity contribution in [2.24, 2.45) is 0 Å². The molecular formula is C14H17N. The molecule has 0 aliphatic rings. The van der Waals surface area contributed by atoms with E-state index in [0.29, 0.717) is 5.92 Å². The van der Waals surface area contributed by atoms with Crippen LogP contribution < -0.4 is 0 Å². The van der Waals surface area contributed by atoms with Gasteiger partial charge in [0, 0.05) is 5.92 Å². The minimum atomic E-state index is 0.327. The zero-order chi connectivity index (χ0) is 11.4. The Morgan fingerprint density at radius 3 is 2.67 bits per heavy atom. The third kappa shape index (κ3) is 2.27. The molecule has 1 heteroatoms. The molecule has 0 bridgehead atoms. The number of benzene rings is 1. The second kappa shape index (κ2) is 4.79. The molecule has 0 fully saturated rings. The van der Waals surface area contributed by atoms with Crippen LogP contribution in [-0.4, -0.2) is 0 Å². The van der Waals surface area contributed by atoms with Gasteiger partial charge in [-0.25, -0.2) is 0 Å². The Hall–Kier alpha value is -1.55. The molecule has 15 heavy (non-hydrogen) atoms. The fourth-order valence-electron chi connectivity index (χ4n) is 1.78. The summed E-state index contributed by atoms with van der Waals surface area (Å²) in [5.41, 5.74) is 4.34. The molecule has 0 aliphatic carbocycles. The smallest absolute Gasteiger partial charge is 0.0994 e. The van der Waals surface area contributed by atoms with E-state index in [-0.39, 0.29) is 0 Å². The van der Waals surface area contributed by atoms with E-state index in [1.54, 1.807) is 0 Å². The average molecular weight is 199 g/mol. The summed E-state index contributed by atoms with van der Waals surface area (Å²) < 4.78 is 0.